The van der Waals surface area contributed by atoms with E-state index in [2.05, 4.69) is 20.4 Å². The number of alkyl halides is 1. The zero-order chi connectivity index (χ0) is 28.8. The average Bonchev–Trinajstić information content (AvgIpc) is 3.58. The second-order valence-corrected chi connectivity index (χ2v) is 11.6. The Bertz CT molecular complexity index is 1360. The van der Waals surface area contributed by atoms with Crippen molar-refractivity contribution in [3.05, 3.63) is 32.8 Å². The lowest BCUT2D eigenvalue weighted by atomic mass is 9.86. The topological polar surface area (TPSA) is 186 Å². The number of carbonyl (C=O) groups is 4. The summed E-state index contributed by atoms with van der Waals surface area (Å²) in [5.41, 5.74) is 5.37. The molecule has 2 atom stereocenters. The minimum atomic E-state index is -1.30. The molecule has 0 spiro atoms. The number of fused-ring (bicyclic) bond motifs is 1. The third-order valence-corrected chi connectivity index (χ3v) is 8.58. The number of nitrogen functional groups attached to an aromatic ring is 1. The highest BCUT2D eigenvalue weighted by Gasteiger charge is 2.54. The third-order valence-electron chi connectivity index (χ3n) is 5.82. The van der Waals surface area contributed by atoms with E-state index in [0.717, 1.165) is 40.8 Å². The quantitative estimate of drug-likeness (QED) is 0.0991. The van der Waals surface area contributed by atoms with Gasteiger partial charge in [0.25, 0.3) is 11.8 Å². The maximum absolute atomic E-state index is 13.1. The fourth-order valence-electron chi connectivity index (χ4n) is 3.97. The fraction of sp³-hybridized carbons (Fsp3) is 0.435. The molecule has 2 aliphatic heterocycles. The molecule has 2 amide bonds. The lowest BCUT2D eigenvalue weighted by Crippen LogP contribution is -2.72. The molecule has 2 aromatic rings. The Balaban J connectivity index is 1.47. The van der Waals surface area contributed by atoms with Gasteiger partial charge in [-0.2, -0.15) is 0 Å². The van der Waals surface area contributed by atoms with Crippen LogP contribution in [0.2, 0.25) is 0 Å². The normalized spacial score (nSPS) is 18.7. The summed E-state index contributed by atoms with van der Waals surface area (Å²) in [6, 6.07) is -1.62. The largest absolute Gasteiger partial charge is 0.477 e. The average molecular weight is 613 g/mol. The van der Waals surface area contributed by atoms with E-state index in [-0.39, 0.29) is 41.1 Å². The lowest BCUT2D eigenvalue weighted by Gasteiger charge is -2.49. The first kappa shape index (κ1) is 29.4. The molecule has 40 heavy (non-hydrogen) atoms. The number of β-lactam (4-membered cyclic amide) rings is 1. The number of hydrogen-bond donors (Lipinski definition) is 3. The Kier molecular flexibility index (Phi) is 9.70. The van der Waals surface area contributed by atoms with Gasteiger partial charge in [-0.05, 0) is 19.3 Å². The summed E-state index contributed by atoms with van der Waals surface area (Å²) in [6.45, 7) is 1.05. The van der Waals surface area contributed by atoms with E-state index >= 15 is 0 Å². The van der Waals surface area contributed by atoms with Gasteiger partial charge in [-0.3, -0.25) is 14.5 Å². The van der Waals surface area contributed by atoms with Crippen LogP contribution in [0.25, 0.3) is 0 Å². The van der Waals surface area contributed by atoms with Crippen LogP contribution in [0.5, 0.6) is 0 Å². The molecule has 2 aromatic heterocycles. The van der Waals surface area contributed by atoms with E-state index in [9.17, 15) is 28.7 Å². The molecular weight excluding hydrogens is 587 g/mol. The van der Waals surface area contributed by atoms with Crippen LogP contribution in [0.15, 0.2) is 30.9 Å². The molecule has 214 valence electrons. The minimum Gasteiger partial charge on any atom is -0.477 e. The smallest absolute Gasteiger partial charge is 0.357 e. The lowest BCUT2D eigenvalue weighted by molar-refractivity contribution is -0.155. The van der Waals surface area contributed by atoms with Gasteiger partial charge >= 0.3 is 11.9 Å². The zero-order valence-corrected chi connectivity index (χ0v) is 23.6. The summed E-state index contributed by atoms with van der Waals surface area (Å²) >= 11 is 3.29. The number of amides is 2. The van der Waals surface area contributed by atoms with E-state index in [1.807, 2.05) is 6.92 Å². The van der Waals surface area contributed by atoms with Crippen molar-refractivity contribution >= 4 is 69.0 Å². The predicted molar refractivity (Wildman–Crippen MR) is 145 cm³/mol. The first-order valence-corrected chi connectivity index (χ1v) is 14.7. The molecular formula is C23H25FN6O7S3. The second kappa shape index (κ2) is 13.2. The van der Waals surface area contributed by atoms with Gasteiger partial charge in [-0.15, -0.1) is 22.7 Å². The first-order chi connectivity index (χ1) is 19.2. The van der Waals surface area contributed by atoms with Gasteiger partial charge in [0.05, 0.1) is 12.6 Å². The summed E-state index contributed by atoms with van der Waals surface area (Å²) in [5, 5.41) is 19.3. The highest BCUT2D eigenvalue weighted by Crippen LogP contribution is 2.43. The standard InChI is InChI=1S/C23H25FN6O7S3/c1-2-3-7-36-21(35)12-10-39-23(27-12)40-14-5-4-13-16(19(32)30(13)17(14)20(33)34)28-18(31)15(29-37-8-6-24)11-9-38-22(25)26-11/h9-10,13,16H,2-8H2,1H3,(H2,25,26)(H,28,31)(H,33,34)/b29-15+/t13-,16+/m1/s1. The van der Waals surface area contributed by atoms with E-state index in [4.69, 9.17) is 15.3 Å². The summed E-state index contributed by atoms with van der Waals surface area (Å²) < 4.78 is 18.1. The molecule has 4 rings (SSSR count). The molecule has 0 radical (unpaired) electrons. The number of aromatic nitrogens is 2. The fourth-order valence-corrected chi connectivity index (χ4v) is 6.53. The number of halogens is 1. The highest BCUT2D eigenvalue weighted by atomic mass is 32.2. The van der Waals surface area contributed by atoms with E-state index in [0.29, 0.717) is 22.1 Å². The monoisotopic (exact) mass is 612 g/mol. The van der Waals surface area contributed by atoms with Gasteiger partial charge in [-0.25, -0.2) is 23.9 Å². The van der Waals surface area contributed by atoms with Crippen molar-refractivity contribution in [2.24, 2.45) is 5.16 Å². The van der Waals surface area contributed by atoms with Crippen LogP contribution in [-0.2, 0) is 24.0 Å². The number of carboxylic acids is 1. The number of nitrogens with one attached hydrogen (secondary N) is 1. The van der Waals surface area contributed by atoms with Crippen LogP contribution in [0.4, 0.5) is 9.52 Å². The summed E-state index contributed by atoms with van der Waals surface area (Å²) in [5.74, 6) is -3.28. The van der Waals surface area contributed by atoms with Gasteiger partial charge in [0.1, 0.15) is 30.7 Å². The van der Waals surface area contributed by atoms with E-state index in [1.54, 1.807) is 0 Å². The van der Waals surface area contributed by atoms with Crippen LogP contribution in [0.3, 0.4) is 0 Å². The van der Waals surface area contributed by atoms with Crippen LogP contribution >= 0.6 is 34.4 Å². The SMILES string of the molecule is CCCCOC(=O)c1csc(SC2=C(C(=O)O)N3C(=O)[C@@H](NC(=O)/C(=N/OCCF)c4csc(N)n4)[C@H]3CC2)n1. The second-order valence-electron chi connectivity index (χ2n) is 8.47. The van der Waals surface area contributed by atoms with Crippen LogP contribution < -0.4 is 11.1 Å². The molecule has 0 saturated carbocycles. The number of carbonyl (C=O) groups excluding carboxylic acids is 3. The van der Waals surface area contributed by atoms with Gasteiger partial charge < -0.3 is 25.7 Å². The number of carboxylic acid groups (broad SMARTS) is 1. The molecule has 13 nitrogen and oxygen atoms in total. The molecule has 0 unspecified atom stereocenters. The number of nitrogens with zero attached hydrogens (tertiary/aromatic N) is 4. The van der Waals surface area contributed by atoms with Gasteiger partial charge in [0.2, 0.25) is 0 Å². The maximum atomic E-state index is 13.1. The highest BCUT2D eigenvalue weighted by molar-refractivity contribution is 8.04. The number of nitrogens with two attached hydrogens (primary N) is 1. The number of oxime groups is 1. The summed E-state index contributed by atoms with van der Waals surface area (Å²) in [4.78, 5) is 65.0. The van der Waals surface area contributed by atoms with Gasteiger partial charge in [0, 0.05) is 15.7 Å². The van der Waals surface area contributed by atoms with Crippen molar-refractivity contribution in [3.63, 3.8) is 0 Å². The minimum absolute atomic E-state index is 0.0907. The molecule has 2 aliphatic rings. The van der Waals surface area contributed by atoms with Crippen molar-refractivity contribution in [1.29, 1.82) is 0 Å². The molecule has 1 fully saturated rings. The van der Waals surface area contributed by atoms with E-state index < -0.39 is 42.5 Å². The van der Waals surface area contributed by atoms with Crippen LogP contribution in [-0.4, -0.2) is 81.4 Å². The van der Waals surface area contributed by atoms with Gasteiger partial charge in [0.15, 0.2) is 20.9 Å². The van der Waals surface area contributed by atoms with Crippen molar-refractivity contribution < 1.29 is 38.2 Å². The van der Waals surface area contributed by atoms with Crippen molar-refractivity contribution in [2.75, 3.05) is 25.6 Å². The van der Waals surface area contributed by atoms with Gasteiger partial charge in [-0.1, -0.05) is 30.3 Å². The number of allylic oxidation sites excluding steroid dienone is 1. The molecule has 17 heteroatoms. The number of thioether (sulfide) groups is 1. The van der Waals surface area contributed by atoms with Crippen molar-refractivity contribution in [1.82, 2.24) is 20.2 Å². The number of rotatable bonds is 13. The summed E-state index contributed by atoms with van der Waals surface area (Å²) in [7, 11) is 0. The van der Waals surface area contributed by atoms with Crippen LogP contribution in [0, 0.1) is 0 Å². The Morgan fingerprint density at radius 1 is 1.27 bits per heavy atom. The number of anilines is 1. The molecule has 0 aliphatic carbocycles. The van der Waals surface area contributed by atoms with Crippen molar-refractivity contribution in [2.45, 2.75) is 49.0 Å². The number of hydrogen-bond acceptors (Lipinski definition) is 13. The predicted octanol–water partition coefficient (Wildman–Crippen LogP) is 2.41. The molecule has 4 N–H and O–H groups in total. The Hall–Kier alpha value is -3.57. The van der Waals surface area contributed by atoms with Crippen LogP contribution in [0.1, 0.15) is 48.8 Å². The maximum Gasteiger partial charge on any atom is 0.357 e. The number of aliphatic carboxylic acids is 1. The number of thiazole rings is 2. The molecule has 0 bridgehead atoms. The third kappa shape index (κ3) is 6.42. The molecule has 0 aromatic carbocycles. The van der Waals surface area contributed by atoms with E-state index in [1.165, 1.54) is 22.1 Å². The first-order valence-electron chi connectivity index (χ1n) is 12.1. The number of ether oxygens (including phenoxy) is 1. The zero-order valence-electron chi connectivity index (χ0n) is 21.1. The Morgan fingerprint density at radius 2 is 2.05 bits per heavy atom. The molecule has 4 heterocycles. The Labute approximate surface area is 239 Å². The Morgan fingerprint density at radius 3 is 2.73 bits per heavy atom. The number of unbranched alkanes of at least 4 members (excludes halogenated alkanes) is 1. The van der Waals surface area contributed by atoms with Crippen molar-refractivity contribution in [3.8, 4) is 0 Å². The number of esters is 1. The summed E-state index contributed by atoms with van der Waals surface area (Å²) in [6.07, 6.45) is 2.27. The molecule has 1 saturated heterocycles.